The largest absolute Gasteiger partial charge is 0.469 e. The Morgan fingerprint density at radius 1 is 0.712 bits per heavy atom. The maximum Gasteiger partial charge on any atom is 0.416 e. The highest BCUT2D eigenvalue weighted by molar-refractivity contribution is 6.00. The number of rotatable bonds is 9. The molecule has 0 radical (unpaired) electrons. The van der Waals surface area contributed by atoms with Crippen molar-refractivity contribution in [3.8, 4) is 11.5 Å². The van der Waals surface area contributed by atoms with E-state index in [9.17, 15) is 45.5 Å². The molecule has 18 heteroatoms. The van der Waals surface area contributed by atoms with Crippen LogP contribution in [0.5, 0.6) is 11.5 Å². The molecule has 0 atom stereocenters. The van der Waals surface area contributed by atoms with Crippen LogP contribution in [0, 0.1) is 0 Å². The first kappa shape index (κ1) is 40.1. The van der Waals surface area contributed by atoms with Gasteiger partial charge < -0.3 is 35.9 Å². The minimum atomic E-state index is -4.64. The van der Waals surface area contributed by atoms with Gasteiger partial charge in [-0.3, -0.25) is 19.4 Å². The molecule has 0 bridgehead atoms. The van der Waals surface area contributed by atoms with Crippen molar-refractivity contribution in [2.24, 2.45) is 0 Å². The molecule has 4 aromatic rings. The number of carbonyl (C=O) groups excluding carboxylic acids is 4. The van der Waals surface area contributed by atoms with E-state index < -0.39 is 41.4 Å². The summed E-state index contributed by atoms with van der Waals surface area (Å²) < 4.78 is 90.9. The van der Waals surface area contributed by atoms with Crippen LogP contribution in [0.15, 0.2) is 79.0 Å². The number of nitrogens with zero attached hydrogens (tertiary/aromatic N) is 1. The van der Waals surface area contributed by atoms with Crippen molar-refractivity contribution < 1.29 is 59.7 Å². The number of benzene rings is 3. The first-order valence-electron chi connectivity index (χ1n) is 14.8. The SMILES string of the molecule is CNC(=O)c1cc(Oc2ccc(NC(=O)Nc3cc(C(F)(F)F)ccc3CC(=O)OC)cc2)ccn1.COC(=O)Cc1ccc(C(F)(F)F)cc1N. The van der Waals surface area contributed by atoms with Gasteiger partial charge in [-0.1, -0.05) is 12.1 Å². The van der Waals surface area contributed by atoms with Gasteiger partial charge in [0.25, 0.3) is 5.91 Å². The molecule has 0 saturated carbocycles. The Morgan fingerprint density at radius 3 is 1.81 bits per heavy atom. The summed E-state index contributed by atoms with van der Waals surface area (Å²) in [7, 11) is 3.82. The van der Waals surface area contributed by atoms with Crippen LogP contribution in [-0.4, -0.2) is 50.1 Å². The van der Waals surface area contributed by atoms with Gasteiger partial charge in [0.1, 0.15) is 17.2 Å². The predicted molar refractivity (Wildman–Crippen MR) is 176 cm³/mol. The van der Waals surface area contributed by atoms with E-state index in [4.69, 9.17) is 10.5 Å². The molecule has 0 aliphatic heterocycles. The van der Waals surface area contributed by atoms with Crippen LogP contribution < -0.4 is 26.4 Å². The molecule has 4 rings (SSSR count). The summed E-state index contributed by atoms with van der Waals surface area (Å²) >= 11 is 0. The lowest BCUT2D eigenvalue weighted by atomic mass is 10.1. The molecule has 1 heterocycles. The number of hydrogen-bond acceptors (Lipinski definition) is 9. The third-order valence-electron chi connectivity index (χ3n) is 6.82. The van der Waals surface area contributed by atoms with Crippen molar-refractivity contribution in [2.45, 2.75) is 25.2 Å². The molecule has 0 unspecified atom stereocenters. The number of amides is 3. The van der Waals surface area contributed by atoms with Crippen LogP contribution in [0.2, 0.25) is 0 Å². The maximum absolute atomic E-state index is 13.1. The standard InChI is InChI=1S/C24H21F3N4O5.C10H10F3NO2/c1-28-22(33)20-13-18(9-10-29-20)36-17-7-5-16(6-8-17)30-23(34)31-19-12-15(24(25,26)27)4-3-14(19)11-21(32)35-2;1-16-9(15)4-6-2-3-7(5-8(6)14)10(11,12)13/h3-10,12-13H,11H2,1-2H3,(H,28,33)(H2,30,31,34);2-3,5H,4,14H2,1H3. The van der Waals surface area contributed by atoms with E-state index in [1.807, 2.05) is 0 Å². The summed E-state index contributed by atoms with van der Waals surface area (Å²) in [5, 5.41) is 7.30. The van der Waals surface area contributed by atoms with Gasteiger partial charge in [0.15, 0.2) is 0 Å². The summed E-state index contributed by atoms with van der Waals surface area (Å²) in [5.74, 6) is -0.837. The van der Waals surface area contributed by atoms with Crippen LogP contribution in [-0.2, 0) is 44.3 Å². The molecule has 276 valence electrons. The topological polar surface area (TPSA) is 171 Å². The highest BCUT2D eigenvalue weighted by Gasteiger charge is 2.32. The zero-order valence-electron chi connectivity index (χ0n) is 27.6. The van der Waals surface area contributed by atoms with Crippen LogP contribution in [0.4, 0.5) is 48.2 Å². The number of nitrogens with two attached hydrogens (primary N) is 1. The first-order chi connectivity index (χ1) is 24.4. The predicted octanol–water partition coefficient (Wildman–Crippen LogP) is 6.61. The molecular formula is C34H31F6N5O7. The molecule has 3 amide bonds. The smallest absolute Gasteiger partial charge is 0.416 e. The van der Waals surface area contributed by atoms with Crippen LogP contribution in [0.1, 0.15) is 32.7 Å². The molecular weight excluding hydrogens is 704 g/mol. The number of alkyl halides is 6. The monoisotopic (exact) mass is 735 g/mol. The van der Waals surface area contributed by atoms with Gasteiger partial charge >= 0.3 is 30.3 Å². The number of carbonyl (C=O) groups is 4. The molecule has 0 saturated heterocycles. The second-order valence-electron chi connectivity index (χ2n) is 10.4. The van der Waals surface area contributed by atoms with Crippen LogP contribution in [0.25, 0.3) is 0 Å². The minimum absolute atomic E-state index is 0.0692. The third kappa shape index (κ3) is 11.9. The first-order valence-corrected chi connectivity index (χ1v) is 14.8. The van der Waals surface area contributed by atoms with Crippen molar-refractivity contribution in [3.63, 3.8) is 0 Å². The number of anilines is 3. The fourth-order valence-electron chi connectivity index (χ4n) is 4.16. The number of ether oxygens (including phenoxy) is 3. The minimum Gasteiger partial charge on any atom is -0.469 e. The Labute approximate surface area is 292 Å². The average molecular weight is 736 g/mol. The van der Waals surface area contributed by atoms with Gasteiger partial charge in [-0.05, 0) is 65.7 Å². The number of esters is 2. The highest BCUT2D eigenvalue weighted by Crippen LogP contribution is 2.33. The zero-order valence-corrected chi connectivity index (χ0v) is 27.6. The number of nitrogen functional groups attached to an aromatic ring is 1. The molecule has 3 aromatic carbocycles. The van der Waals surface area contributed by atoms with Crippen molar-refractivity contribution in [1.29, 1.82) is 0 Å². The summed E-state index contributed by atoms with van der Waals surface area (Å²) in [6.07, 6.45) is -8.11. The van der Waals surface area contributed by atoms with Crippen molar-refractivity contribution in [2.75, 3.05) is 37.6 Å². The lowest BCUT2D eigenvalue weighted by molar-refractivity contribution is -0.140. The lowest BCUT2D eigenvalue weighted by Gasteiger charge is -2.15. The maximum atomic E-state index is 13.1. The van der Waals surface area contributed by atoms with Gasteiger partial charge in [0.2, 0.25) is 0 Å². The highest BCUT2D eigenvalue weighted by atomic mass is 19.4. The summed E-state index contributed by atoms with van der Waals surface area (Å²) in [6.45, 7) is 0. The van der Waals surface area contributed by atoms with E-state index in [-0.39, 0.29) is 41.4 Å². The summed E-state index contributed by atoms with van der Waals surface area (Å²) in [4.78, 5) is 50.6. The Hall–Kier alpha value is -6.33. The van der Waals surface area contributed by atoms with Crippen LogP contribution >= 0.6 is 0 Å². The molecule has 5 N–H and O–H groups in total. The molecule has 0 aliphatic carbocycles. The van der Waals surface area contributed by atoms with Gasteiger partial charge in [-0.25, -0.2) is 4.79 Å². The second-order valence-corrected chi connectivity index (χ2v) is 10.4. The molecule has 12 nitrogen and oxygen atoms in total. The van der Waals surface area contributed by atoms with Gasteiger partial charge in [-0.15, -0.1) is 0 Å². The van der Waals surface area contributed by atoms with E-state index in [1.165, 1.54) is 44.6 Å². The van der Waals surface area contributed by atoms with Crippen molar-refractivity contribution in [1.82, 2.24) is 10.3 Å². The van der Waals surface area contributed by atoms with E-state index >= 15 is 0 Å². The lowest BCUT2D eigenvalue weighted by Crippen LogP contribution is -2.21. The molecule has 1 aromatic heterocycles. The number of urea groups is 1. The summed E-state index contributed by atoms with van der Waals surface area (Å²) in [5.41, 5.74) is 4.31. The number of pyridine rings is 1. The summed E-state index contributed by atoms with van der Waals surface area (Å²) in [6, 6.07) is 13.8. The van der Waals surface area contributed by atoms with E-state index in [0.717, 1.165) is 37.4 Å². The third-order valence-corrected chi connectivity index (χ3v) is 6.82. The van der Waals surface area contributed by atoms with E-state index in [1.54, 1.807) is 18.2 Å². The molecule has 0 spiro atoms. The Balaban J connectivity index is 0.000000381. The quantitative estimate of drug-likeness (QED) is 0.0839. The van der Waals surface area contributed by atoms with E-state index in [2.05, 4.69) is 30.4 Å². The molecule has 0 fully saturated rings. The second kappa shape index (κ2) is 17.6. The van der Waals surface area contributed by atoms with Crippen LogP contribution in [0.3, 0.4) is 0 Å². The fourth-order valence-corrected chi connectivity index (χ4v) is 4.16. The Kier molecular flexibility index (Phi) is 13.5. The van der Waals surface area contributed by atoms with Crippen molar-refractivity contribution in [3.05, 3.63) is 107 Å². The number of nitrogens with one attached hydrogen (secondary N) is 3. The fraction of sp³-hybridized carbons (Fsp3) is 0.206. The number of aromatic nitrogens is 1. The number of hydrogen-bond donors (Lipinski definition) is 4. The molecule has 0 aliphatic rings. The Bertz CT molecular complexity index is 1900. The average Bonchev–Trinajstić information content (AvgIpc) is 3.09. The zero-order chi connectivity index (χ0) is 38.6. The van der Waals surface area contributed by atoms with Gasteiger partial charge in [-0.2, -0.15) is 26.3 Å². The normalized spacial score (nSPS) is 10.9. The van der Waals surface area contributed by atoms with Gasteiger partial charge in [0.05, 0.1) is 38.2 Å². The van der Waals surface area contributed by atoms with Crippen molar-refractivity contribution >= 4 is 40.9 Å². The number of methoxy groups -OCH3 is 2. The number of halogens is 6. The van der Waals surface area contributed by atoms with Gasteiger partial charge in [0, 0.05) is 36.4 Å². The van der Waals surface area contributed by atoms with E-state index in [0.29, 0.717) is 22.7 Å². The Morgan fingerprint density at radius 2 is 1.27 bits per heavy atom. The molecule has 52 heavy (non-hydrogen) atoms.